The Kier molecular flexibility index (Phi) is 3.36. The Hall–Kier alpha value is -2.76. The van der Waals surface area contributed by atoms with Crippen LogP contribution in [0.1, 0.15) is 23.1 Å². The SMILES string of the molecule is CCOC(=O)c1cc(-c2ccc3c(c2)nc(C)n3C)[nH]c1N. The van der Waals surface area contributed by atoms with Crippen molar-refractivity contribution in [3.63, 3.8) is 0 Å². The second kappa shape index (κ2) is 5.22. The van der Waals surface area contributed by atoms with Gasteiger partial charge in [0.25, 0.3) is 0 Å². The highest BCUT2D eigenvalue weighted by Gasteiger charge is 2.16. The molecule has 0 saturated carbocycles. The van der Waals surface area contributed by atoms with Crippen molar-refractivity contribution in [1.29, 1.82) is 0 Å². The van der Waals surface area contributed by atoms with E-state index in [0.717, 1.165) is 28.1 Å². The van der Waals surface area contributed by atoms with Crippen molar-refractivity contribution in [3.05, 3.63) is 35.7 Å². The van der Waals surface area contributed by atoms with Crippen LogP contribution in [0.4, 0.5) is 5.82 Å². The first-order valence-corrected chi connectivity index (χ1v) is 7.10. The second-order valence-electron chi connectivity index (χ2n) is 5.15. The number of esters is 1. The number of benzene rings is 1. The van der Waals surface area contributed by atoms with E-state index in [-0.39, 0.29) is 0 Å². The van der Waals surface area contributed by atoms with E-state index in [9.17, 15) is 4.79 Å². The number of carbonyl (C=O) groups excluding carboxylic acids is 1. The fourth-order valence-electron chi connectivity index (χ4n) is 2.49. The smallest absolute Gasteiger partial charge is 0.341 e. The van der Waals surface area contributed by atoms with Gasteiger partial charge in [0.15, 0.2) is 0 Å². The Morgan fingerprint density at radius 2 is 2.18 bits per heavy atom. The lowest BCUT2D eigenvalue weighted by atomic mass is 10.1. The molecule has 2 heterocycles. The first-order valence-electron chi connectivity index (χ1n) is 7.10. The van der Waals surface area contributed by atoms with E-state index in [2.05, 4.69) is 9.97 Å². The molecule has 0 saturated heterocycles. The highest BCUT2D eigenvalue weighted by Crippen LogP contribution is 2.27. The zero-order valence-electron chi connectivity index (χ0n) is 12.8. The maximum Gasteiger partial charge on any atom is 0.341 e. The lowest BCUT2D eigenvalue weighted by Crippen LogP contribution is -2.05. The summed E-state index contributed by atoms with van der Waals surface area (Å²) in [6.45, 7) is 4.04. The summed E-state index contributed by atoms with van der Waals surface area (Å²) in [6.07, 6.45) is 0. The van der Waals surface area contributed by atoms with Gasteiger partial charge in [0.2, 0.25) is 0 Å². The minimum atomic E-state index is -0.419. The van der Waals surface area contributed by atoms with Gasteiger partial charge in [0.1, 0.15) is 17.2 Å². The number of carbonyl (C=O) groups is 1. The number of nitrogens with zero attached hydrogens (tertiary/aromatic N) is 2. The van der Waals surface area contributed by atoms with Crippen molar-refractivity contribution in [1.82, 2.24) is 14.5 Å². The molecular weight excluding hydrogens is 280 g/mol. The molecule has 1 aromatic carbocycles. The lowest BCUT2D eigenvalue weighted by molar-refractivity contribution is 0.0528. The number of aromatic amines is 1. The van der Waals surface area contributed by atoms with Crippen LogP contribution in [-0.4, -0.2) is 27.1 Å². The monoisotopic (exact) mass is 298 g/mol. The number of ether oxygens (including phenoxy) is 1. The maximum atomic E-state index is 11.8. The molecule has 22 heavy (non-hydrogen) atoms. The molecule has 0 amide bonds. The van der Waals surface area contributed by atoms with E-state index in [1.807, 2.05) is 36.7 Å². The van der Waals surface area contributed by atoms with Crippen molar-refractivity contribution >= 4 is 22.8 Å². The average molecular weight is 298 g/mol. The third-order valence-corrected chi connectivity index (χ3v) is 3.76. The van der Waals surface area contributed by atoms with Crippen LogP contribution in [0, 0.1) is 6.92 Å². The quantitative estimate of drug-likeness (QED) is 0.728. The number of aromatic nitrogens is 3. The molecule has 0 unspecified atom stereocenters. The third-order valence-electron chi connectivity index (χ3n) is 3.76. The van der Waals surface area contributed by atoms with Crippen LogP contribution in [0.2, 0.25) is 0 Å². The molecule has 0 fully saturated rings. The number of rotatable bonds is 3. The number of hydrogen-bond donors (Lipinski definition) is 2. The number of hydrogen-bond acceptors (Lipinski definition) is 4. The van der Waals surface area contributed by atoms with E-state index in [1.54, 1.807) is 13.0 Å². The van der Waals surface area contributed by atoms with E-state index in [1.165, 1.54) is 0 Å². The normalized spacial score (nSPS) is 11.0. The Balaban J connectivity index is 2.04. The third kappa shape index (κ3) is 2.22. The number of fused-ring (bicyclic) bond motifs is 1. The second-order valence-corrected chi connectivity index (χ2v) is 5.15. The summed E-state index contributed by atoms with van der Waals surface area (Å²) in [6, 6.07) is 7.67. The maximum absolute atomic E-state index is 11.8. The predicted molar refractivity (Wildman–Crippen MR) is 85.6 cm³/mol. The van der Waals surface area contributed by atoms with Crippen LogP contribution in [0.5, 0.6) is 0 Å². The zero-order valence-corrected chi connectivity index (χ0v) is 12.8. The molecule has 3 rings (SSSR count). The molecule has 0 aliphatic heterocycles. The molecule has 0 spiro atoms. The number of aryl methyl sites for hydroxylation is 2. The van der Waals surface area contributed by atoms with Crippen molar-refractivity contribution in [3.8, 4) is 11.3 Å². The predicted octanol–water partition coefficient (Wildman–Crippen LogP) is 2.64. The van der Waals surface area contributed by atoms with Crippen LogP contribution in [0.25, 0.3) is 22.3 Å². The van der Waals surface area contributed by atoms with Crippen LogP contribution in [0.15, 0.2) is 24.3 Å². The summed E-state index contributed by atoms with van der Waals surface area (Å²) < 4.78 is 7.03. The molecule has 3 aromatic rings. The van der Waals surface area contributed by atoms with Gasteiger partial charge < -0.3 is 20.0 Å². The highest BCUT2D eigenvalue weighted by atomic mass is 16.5. The first-order chi connectivity index (χ1) is 10.5. The van der Waals surface area contributed by atoms with Gasteiger partial charge in [-0.25, -0.2) is 9.78 Å². The summed E-state index contributed by atoms with van der Waals surface area (Å²) in [5, 5.41) is 0. The summed E-state index contributed by atoms with van der Waals surface area (Å²) in [5.41, 5.74) is 9.89. The number of H-pyrrole nitrogens is 1. The molecule has 0 aliphatic carbocycles. The number of anilines is 1. The van der Waals surface area contributed by atoms with Gasteiger partial charge in [0, 0.05) is 18.3 Å². The molecular formula is C16H18N4O2. The summed E-state index contributed by atoms with van der Waals surface area (Å²) in [4.78, 5) is 19.4. The molecule has 0 atom stereocenters. The van der Waals surface area contributed by atoms with Gasteiger partial charge in [-0.1, -0.05) is 6.07 Å². The zero-order chi connectivity index (χ0) is 15.9. The topological polar surface area (TPSA) is 85.9 Å². The minimum Gasteiger partial charge on any atom is -0.462 e. The largest absolute Gasteiger partial charge is 0.462 e. The van der Waals surface area contributed by atoms with Crippen molar-refractivity contribution < 1.29 is 9.53 Å². The molecule has 6 nitrogen and oxygen atoms in total. The average Bonchev–Trinajstić information content (AvgIpc) is 3.00. The molecule has 6 heteroatoms. The fraction of sp³-hybridized carbons (Fsp3) is 0.250. The van der Waals surface area contributed by atoms with Crippen molar-refractivity contribution in [2.45, 2.75) is 13.8 Å². The van der Waals surface area contributed by atoms with Crippen LogP contribution < -0.4 is 5.73 Å². The molecule has 3 N–H and O–H groups in total. The molecule has 0 bridgehead atoms. The van der Waals surface area contributed by atoms with E-state index >= 15 is 0 Å². The number of nitrogen functional groups attached to an aromatic ring is 1. The summed E-state index contributed by atoms with van der Waals surface area (Å²) in [7, 11) is 1.98. The molecule has 0 radical (unpaired) electrons. The van der Waals surface area contributed by atoms with Crippen LogP contribution >= 0.6 is 0 Å². The standard InChI is InChI=1S/C16H18N4O2/c1-4-22-16(21)11-8-12(19-15(11)17)10-5-6-14-13(7-10)18-9(2)20(14)3/h5-8,19H,4,17H2,1-3H3. The van der Waals surface area contributed by atoms with Gasteiger partial charge in [-0.2, -0.15) is 0 Å². The van der Waals surface area contributed by atoms with Crippen molar-refractivity contribution in [2.75, 3.05) is 12.3 Å². The number of imidazole rings is 1. The van der Waals surface area contributed by atoms with Crippen LogP contribution in [0.3, 0.4) is 0 Å². The van der Waals surface area contributed by atoms with Crippen LogP contribution in [-0.2, 0) is 11.8 Å². The van der Waals surface area contributed by atoms with E-state index < -0.39 is 5.97 Å². The Morgan fingerprint density at radius 1 is 1.41 bits per heavy atom. The fourth-order valence-corrected chi connectivity index (χ4v) is 2.49. The van der Waals surface area contributed by atoms with Gasteiger partial charge in [-0.15, -0.1) is 0 Å². The first kappa shape index (κ1) is 14.2. The minimum absolute atomic E-state index is 0.311. The van der Waals surface area contributed by atoms with Gasteiger partial charge >= 0.3 is 5.97 Å². The number of nitrogens with one attached hydrogen (secondary N) is 1. The lowest BCUT2D eigenvalue weighted by Gasteiger charge is -1.99. The van der Waals surface area contributed by atoms with Gasteiger partial charge in [0.05, 0.1) is 17.6 Å². The summed E-state index contributed by atoms with van der Waals surface area (Å²) >= 11 is 0. The Morgan fingerprint density at radius 3 is 2.91 bits per heavy atom. The Bertz CT molecular complexity index is 861. The van der Waals surface area contributed by atoms with E-state index in [4.69, 9.17) is 10.5 Å². The molecule has 0 aliphatic rings. The van der Waals surface area contributed by atoms with Crippen molar-refractivity contribution in [2.24, 2.45) is 7.05 Å². The Labute approximate surface area is 127 Å². The van der Waals surface area contributed by atoms with Gasteiger partial charge in [-0.05, 0) is 32.0 Å². The van der Waals surface area contributed by atoms with E-state index in [0.29, 0.717) is 18.0 Å². The van der Waals surface area contributed by atoms with Gasteiger partial charge in [-0.3, -0.25) is 0 Å². The highest BCUT2D eigenvalue weighted by molar-refractivity contribution is 5.96. The summed E-state index contributed by atoms with van der Waals surface area (Å²) in [5.74, 6) is 0.841. The number of nitrogens with two attached hydrogens (primary N) is 1. The molecule has 114 valence electrons. The molecule has 2 aromatic heterocycles.